The van der Waals surface area contributed by atoms with Crippen LogP contribution in [0, 0.1) is 0 Å². The van der Waals surface area contributed by atoms with Gasteiger partial charge in [0.25, 0.3) is 10.0 Å². The minimum Gasteiger partial charge on any atom is -0.376 e. The molecule has 3 rings (SSSR count). The van der Waals surface area contributed by atoms with Crippen LogP contribution in [-0.4, -0.2) is 54.5 Å². The molecule has 0 aromatic carbocycles. The summed E-state index contributed by atoms with van der Waals surface area (Å²) in [6.45, 7) is 5.57. The van der Waals surface area contributed by atoms with E-state index in [1.165, 1.54) is 15.6 Å². The topological polar surface area (TPSA) is 75.9 Å². The van der Waals surface area contributed by atoms with Crippen molar-refractivity contribution >= 4 is 32.1 Å². The van der Waals surface area contributed by atoms with Gasteiger partial charge in [0.2, 0.25) is 0 Å². The third kappa shape index (κ3) is 2.54. The zero-order chi connectivity index (χ0) is 15.0. The van der Waals surface area contributed by atoms with E-state index in [9.17, 15) is 8.42 Å². The van der Waals surface area contributed by atoms with Gasteiger partial charge >= 0.3 is 0 Å². The summed E-state index contributed by atoms with van der Waals surface area (Å²) < 4.78 is 34.5. The van der Waals surface area contributed by atoms with E-state index < -0.39 is 10.0 Å². The Morgan fingerprint density at radius 1 is 1.57 bits per heavy atom. The SMILES string of the molecule is CCNc1nc2sccn2c1S(=O)(=O)N1CCOC(C)C1. The molecule has 2 aromatic rings. The zero-order valence-corrected chi connectivity index (χ0v) is 13.6. The van der Waals surface area contributed by atoms with E-state index in [1.807, 2.05) is 19.2 Å². The second-order valence-corrected chi connectivity index (χ2v) is 7.62. The number of hydrogen-bond donors (Lipinski definition) is 1. The largest absolute Gasteiger partial charge is 0.376 e. The first-order chi connectivity index (χ1) is 10.0. The highest BCUT2D eigenvalue weighted by molar-refractivity contribution is 7.89. The molecule has 0 aliphatic carbocycles. The summed E-state index contributed by atoms with van der Waals surface area (Å²) in [5, 5.41) is 5.10. The number of imidazole rings is 1. The fraction of sp³-hybridized carbons (Fsp3) is 0.583. The normalized spacial score (nSPS) is 21.0. The van der Waals surface area contributed by atoms with Gasteiger partial charge in [0.1, 0.15) is 0 Å². The first-order valence-electron chi connectivity index (χ1n) is 6.85. The van der Waals surface area contributed by atoms with Crippen LogP contribution in [0.3, 0.4) is 0 Å². The van der Waals surface area contributed by atoms with Crippen molar-refractivity contribution in [2.75, 3.05) is 31.6 Å². The average molecular weight is 330 g/mol. The zero-order valence-electron chi connectivity index (χ0n) is 11.9. The number of hydrogen-bond acceptors (Lipinski definition) is 6. The summed E-state index contributed by atoms with van der Waals surface area (Å²) in [6, 6.07) is 0. The monoisotopic (exact) mass is 330 g/mol. The number of rotatable bonds is 4. The molecule has 3 heterocycles. The van der Waals surface area contributed by atoms with Crippen LogP contribution >= 0.6 is 11.3 Å². The maximum atomic E-state index is 13.0. The van der Waals surface area contributed by atoms with E-state index in [1.54, 1.807) is 10.6 Å². The number of fused-ring (bicyclic) bond motifs is 1. The van der Waals surface area contributed by atoms with E-state index in [2.05, 4.69) is 10.3 Å². The Morgan fingerprint density at radius 2 is 2.38 bits per heavy atom. The highest BCUT2D eigenvalue weighted by Crippen LogP contribution is 2.29. The van der Waals surface area contributed by atoms with E-state index in [0.717, 1.165) is 0 Å². The molecule has 0 spiro atoms. The molecule has 116 valence electrons. The van der Waals surface area contributed by atoms with Crippen molar-refractivity contribution < 1.29 is 13.2 Å². The number of morpholine rings is 1. The average Bonchev–Trinajstić information content (AvgIpc) is 2.99. The van der Waals surface area contributed by atoms with E-state index in [4.69, 9.17) is 4.74 Å². The van der Waals surface area contributed by atoms with E-state index in [-0.39, 0.29) is 11.1 Å². The lowest BCUT2D eigenvalue weighted by molar-refractivity contribution is 0.0101. The molecule has 1 atom stereocenters. The van der Waals surface area contributed by atoms with Crippen LogP contribution < -0.4 is 5.32 Å². The Morgan fingerprint density at radius 3 is 3.10 bits per heavy atom. The number of nitrogens with zero attached hydrogens (tertiary/aromatic N) is 3. The van der Waals surface area contributed by atoms with E-state index >= 15 is 0 Å². The summed E-state index contributed by atoms with van der Waals surface area (Å²) in [4.78, 5) is 5.05. The van der Waals surface area contributed by atoms with Crippen molar-refractivity contribution in [1.29, 1.82) is 0 Å². The number of anilines is 1. The van der Waals surface area contributed by atoms with Gasteiger partial charge in [-0.1, -0.05) is 0 Å². The van der Waals surface area contributed by atoms with Crippen LogP contribution in [0.2, 0.25) is 0 Å². The number of sulfonamides is 1. The third-order valence-corrected chi connectivity index (χ3v) is 6.00. The molecule has 1 fully saturated rings. The summed E-state index contributed by atoms with van der Waals surface area (Å²) in [7, 11) is -3.60. The Kier molecular flexibility index (Phi) is 3.91. The van der Waals surface area contributed by atoms with Crippen LogP contribution in [0.15, 0.2) is 16.6 Å². The second kappa shape index (κ2) is 5.56. The molecule has 1 aliphatic heterocycles. The summed E-state index contributed by atoms with van der Waals surface area (Å²) in [5.74, 6) is 0.420. The lowest BCUT2D eigenvalue weighted by Gasteiger charge is -2.30. The molecule has 0 radical (unpaired) electrons. The number of thiazole rings is 1. The maximum Gasteiger partial charge on any atom is 0.263 e. The molecule has 1 N–H and O–H groups in total. The van der Waals surface area contributed by atoms with Gasteiger partial charge in [0.05, 0.1) is 12.7 Å². The third-order valence-electron chi connectivity index (χ3n) is 3.35. The predicted octanol–water partition coefficient (Wildman–Crippen LogP) is 1.24. The standard InChI is InChI=1S/C12H18N4O3S2/c1-3-13-10-11(16-5-7-20-12(16)14-10)21(17,18)15-4-6-19-9(2)8-15/h5,7,9,13H,3-4,6,8H2,1-2H3. The summed E-state index contributed by atoms with van der Waals surface area (Å²) >= 11 is 1.42. The van der Waals surface area contributed by atoms with Crippen molar-refractivity contribution in [1.82, 2.24) is 13.7 Å². The van der Waals surface area contributed by atoms with Gasteiger partial charge in [-0.2, -0.15) is 4.31 Å². The van der Waals surface area contributed by atoms with Crippen molar-refractivity contribution in [2.24, 2.45) is 0 Å². The first-order valence-corrected chi connectivity index (χ1v) is 9.17. The smallest absolute Gasteiger partial charge is 0.263 e. The summed E-state index contributed by atoms with van der Waals surface area (Å²) in [6.07, 6.45) is 1.65. The van der Waals surface area contributed by atoms with Crippen LogP contribution in [0.4, 0.5) is 5.82 Å². The Hall–Kier alpha value is -1.16. The maximum absolute atomic E-state index is 13.0. The van der Waals surface area contributed by atoms with Gasteiger partial charge in [-0.25, -0.2) is 13.4 Å². The van der Waals surface area contributed by atoms with Crippen LogP contribution in [0.5, 0.6) is 0 Å². The molecule has 1 unspecified atom stereocenters. The molecule has 9 heteroatoms. The van der Waals surface area contributed by atoms with Gasteiger partial charge in [-0.05, 0) is 13.8 Å². The highest BCUT2D eigenvalue weighted by atomic mass is 32.2. The van der Waals surface area contributed by atoms with Gasteiger partial charge in [-0.15, -0.1) is 11.3 Å². The van der Waals surface area contributed by atoms with Crippen molar-refractivity contribution in [3.63, 3.8) is 0 Å². The van der Waals surface area contributed by atoms with Crippen LogP contribution in [0.25, 0.3) is 4.96 Å². The van der Waals surface area contributed by atoms with Crippen molar-refractivity contribution in [3.05, 3.63) is 11.6 Å². The minimum absolute atomic E-state index is 0.0954. The molecular weight excluding hydrogens is 312 g/mol. The van der Waals surface area contributed by atoms with Crippen LogP contribution in [-0.2, 0) is 14.8 Å². The predicted molar refractivity (Wildman–Crippen MR) is 81.4 cm³/mol. The van der Waals surface area contributed by atoms with Crippen molar-refractivity contribution in [2.45, 2.75) is 25.0 Å². The van der Waals surface area contributed by atoms with Crippen LogP contribution in [0.1, 0.15) is 13.8 Å². The van der Waals surface area contributed by atoms with Crippen molar-refractivity contribution in [3.8, 4) is 0 Å². The highest BCUT2D eigenvalue weighted by Gasteiger charge is 2.34. The molecule has 1 aliphatic rings. The minimum atomic E-state index is -3.60. The lowest BCUT2D eigenvalue weighted by Crippen LogP contribution is -2.44. The van der Waals surface area contributed by atoms with Gasteiger partial charge in [0, 0.05) is 31.2 Å². The molecule has 7 nitrogen and oxygen atoms in total. The molecule has 1 saturated heterocycles. The molecular formula is C12H18N4O3S2. The quantitative estimate of drug-likeness (QED) is 0.913. The lowest BCUT2D eigenvalue weighted by atomic mass is 10.3. The Bertz CT molecular complexity index is 737. The molecule has 0 saturated carbocycles. The molecule has 0 amide bonds. The first kappa shape index (κ1) is 14.8. The van der Waals surface area contributed by atoms with Gasteiger partial charge in [0.15, 0.2) is 15.8 Å². The molecule has 21 heavy (non-hydrogen) atoms. The van der Waals surface area contributed by atoms with Gasteiger partial charge < -0.3 is 10.1 Å². The number of nitrogens with one attached hydrogen (secondary N) is 1. The number of ether oxygens (including phenoxy) is 1. The molecule has 2 aromatic heterocycles. The summed E-state index contributed by atoms with van der Waals surface area (Å²) in [5.41, 5.74) is 0. The van der Waals surface area contributed by atoms with E-state index in [0.29, 0.717) is 37.0 Å². The fourth-order valence-electron chi connectivity index (χ4n) is 2.42. The number of aromatic nitrogens is 2. The fourth-order valence-corrected chi connectivity index (χ4v) is 4.92. The Labute approximate surface area is 127 Å². The van der Waals surface area contributed by atoms with Gasteiger partial charge in [-0.3, -0.25) is 4.40 Å². The Balaban J connectivity index is 2.08. The second-order valence-electron chi connectivity index (χ2n) is 4.90. The molecule has 0 bridgehead atoms.